The molecule has 28 heavy (non-hydrogen) atoms. The Labute approximate surface area is 169 Å². The number of carbonyl (C=O) groups is 2. The summed E-state index contributed by atoms with van der Waals surface area (Å²) in [5, 5.41) is 3.14. The van der Waals surface area contributed by atoms with Crippen molar-refractivity contribution in [2.45, 2.75) is 65.4 Å². The van der Waals surface area contributed by atoms with Crippen LogP contribution in [-0.4, -0.2) is 62.8 Å². The second kappa shape index (κ2) is 8.70. The van der Waals surface area contributed by atoms with Crippen LogP contribution in [0.25, 0.3) is 0 Å². The maximum atomic E-state index is 12.6. The average Bonchev–Trinajstić information content (AvgIpc) is 3.26. The molecular formula is C22H38N2O4. The molecule has 0 aromatic carbocycles. The Bertz CT molecular complexity index is 567. The summed E-state index contributed by atoms with van der Waals surface area (Å²) in [6, 6.07) is 0. The molecule has 2 atom stereocenters. The Kier molecular flexibility index (Phi) is 6.70. The minimum absolute atomic E-state index is 0.0561. The molecule has 3 rings (SSSR count). The van der Waals surface area contributed by atoms with E-state index >= 15 is 0 Å². The number of nitrogens with one attached hydrogen (secondary N) is 1. The van der Waals surface area contributed by atoms with E-state index in [2.05, 4.69) is 19.2 Å². The van der Waals surface area contributed by atoms with E-state index in [0.29, 0.717) is 25.7 Å². The first-order valence-electron chi connectivity index (χ1n) is 11.0. The molecule has 2 unspecified atom stereocenters. The fourth-order valence-electron chi connectivity index (χ4n) is 4.99. The molecule has 3 fully saturated rings. The van der Waals surface area contributed by atoms with Crippen LogP contribution in [0.15, 0.2) is 0 Å². The lowest BCUT2D eigenvalue weighted by molar-refractivity contribution is -0.147. The van der Waals surface area contributed by atoms with Crippen molar-refractivity contribution in [2.75, 3.05) is 40.0 Å². The lowest BCUT2D eigenvalue weighted by Crippen LogP contribution is -2.60. The molecule has 2 amide bonds. The minimum atomic E-state index is -0.108. The molecular weight excluding hydrogens is 356 g/mol. The number of carbonyl (C=O) groups excluding carboxylic acids is 2. The quantitative estimate of drug-likeness (QED) is 0.579. The van der Waals surface area contributed by atoms with Crippen molar-refractivity contribution in [1.29, 1.82) is 0 Å². The maximum absolute atomic E-state index is 12.6. The molecule has 0 bridgehead atoms. The molecule has 160 valence electrons. The summed E-state index contributed by atoms with van der Waals surface area (Å²) < 4.78 is 11.0. The number of nitrogens with zero attached hydrogens (tertiary/aromatic N) is 1. The predicted octanol–water partition coefficient (Wildman–Crippen LogP) is 2.61. The Hall–Kier alpha value is -1.14. The molecule has 6 heteroatoms. The largest absolute Gasteiger partial charge is 0.385 e. The van der Waals surface area contributed by atoms with E-state index < -0.39 is 0 Å². The van der Waals surface area contributed by atoms with Gasteiger partial charge in [0.05, 0.1) is 12.7 Å². The minimum Gasteiger partial charge on any atom is -0.385 e. The molecule has 0 aromatic rings. The average molecular weight is 395 g/mol. The highest BCUT2D eigenvalue weighted by atomic mass is 16.5. The van der Waals surface area contributed by atoms with Crippen LogP contribution in [0.5, 0.6) is 0 Å². The van der Waals surface area contributed by atoms with Gasteiger partial charge in [-0.15, -0.1) is 0 Å². The van der Waals surface area contributed by atoms with Gasteiger partial charge in [-0.2, -0.15) is 0 Å². The summed E-state index contributed by atoms with van der Waals surface area (Å²) in [6.45, 7) is 9.97. The van der Waals surface area contributed by atoms with Crippen LogP contribution in [0.1, 0.15) is 59.3 Å². The second-order valence-corrected chi connectivity index (χ2v) is 9.96. The normalized spacial score (nSPS) is 25.6. The van der Waals surface area contributed by atoms with Gasteiger partial charge in [0.15, 0.2) is 0 Å². The number of methoxy groups -OCH3 is 1. The molecule has 0 radical (unpaired) electrons. The van der Waals surface area contributed by atoms with Crippen molar-refractivity contribution < 1.29 is 19.1 Å². The van der Waals surface area contributed by atoms with Gasteiger partial charge in [-0.05, 0) is 44.4 Å². The molecule has 1 saturated carbocycles. The van der Waals surface area contributed by atoms with Gasteiger partial charge in [-0.3, -0.25) is 9.59 Å². The molecule has 0 aromatic heterocycles. The highest BCUT2D eigenvalue weighted by molar-refractivity contribution is 5.85. The van der Waals surface area contributed by atoms with Gasteiger partial charge in [-0.25, -0.2) is 0 Å². The number of hydrogen-bond acceptors (Lipinski definition) is 4. The van der Waals surface area contributed by atoms with Gasteiger partial charge in [0.25, 0.3) is 0 Å². The summed E-state index contributed by atoms with van der Waals surface area (Å²) in [5.41, 5.74) is -0.00436. The number of likely N-dealkylation sites (tertiary alicyclic amines) is 1. The molecule has 2 aliphatic heterocycles. The Morgan fingerprint density at radius 3 is 2.57 bits per heavy atom. The summed E-state index contributed by atoms with van der Waals surface area (Å²) in [5.74, 6) is 1.07. The maximum Gasteiger partial charge on any atom is 0.226 e. The smallest absolute Gasteiger partial charge is 0.226 e. The topological polar surface area (TPSA) is 67.9 Å². The van der Waals surface area contributed by atoms with Crippen molar-refractivity contribution in [3.05, 3.63) is 0 Å². The van der Waals surface area contributed by atoms with Crippen LogP contribution < -0.4 is 5.32 Å². The number of rotatable bonds is 10. The summed E-state index contributed by atoms with van der Waals surface area (Å²) >= 11 is 0. The van der Waals surface area contributed by atoms with E-state index in [4.69, 9.17) is 9.47 Å². The lowest BCUT2D eigenvalue weighted by atomic mass is 9.77. The third kappa shape index (κ3) is 4.88. The van der Waals surface area contributed by atoms with Crippen molar-refractivity contribution in [1.82, 2.24) is 10.2 Å². The first-order valence-corrected chi connectivity index (χ1v) is 11.0. The van der Waals surface area contributed by atoms with Crippen molar-refractivity contribution in [3.63, 3.8) is 0 Å². The van der Waals surface area contributed by atoms with Gasteiger partial charge in [0.1, 0.15) is 0 Å². The first kappa shape index (κ1) is 21.6. The van der Waals surface area contributed by atoms with Crippen LogP contribution in [0, 0.1) is 22.7 Å². The zero-order valence-electron chi connectivity index (χ0n) is 18.1. The monoisotopic (exact) mass is 394 g/mol. The van der Waals surface area contributed by atoms with Gasteiger partial charge >= 0.3 is 0 Å². The number of ether oxygens (including phenoxy) is 2. The fourth-order valence-corrected chi connectivity index (χ4v) is 4.99. The lowest BCUT2D eigenvalue weighted by Gasteiger charge is -2.48. The number of amides is 2. The molecule has 6 nitrogen and oxygen atoms in total. The van der Waals surface area contributed by atoms with E-state index in [1.807, 2.05) is 11.8 Å². The van der Waals surface area contributed by atoms with Crippen molar-refractivity contribution in [3.8, 4) is 0 Å². The third-order valence-electron chi connectivity index (χ3n) is 6.68. The van der Waals surface area contributed by atoms with Crippen molar-refractivity contribution in [2.24, 2.45) is 22.7 Å². The summed E-state index contributed by atoms with van der Waals surface area (Å²) in [6.07, 6.45) is 5.83. The molecule has 1 aliphatic carbocycles. The molecule has 2 heterocycles. The Morgan fingerprint density at radius 2 is 1.96 bits per heavy atom. The standard InChI is InChI=1S/C22H38N2O4/c1-16(2)10-22(7-8-22)20(26)23-12-18-11-21(15-28-18)13-24(14-21)19(25)17(3)6-5-9-27-4/h16-18H,5-15H2,1-4H3,(H,23,26). The zero-order valence-corrected chi connectivity index (χ0v) is 18.1. The second-order valence-electron chi connectivity index (χ2n) is 9.96. The Balaban J connectivity index is 1.37. The summed E-state index contributed by atoms with van der Waals surface area (Å²) in [4.78, 5) is 27.1. The van der Waals surface area contributed by atoms with Gasteiger partial charge in [-0.1, -0.05) is 20.8 Å². The first-order chi connectivity index (χ1) is 13.3. The molecule has 2 saturated heterocycles. The van der Waals surface area contributed by atoms with Crippen LogP contribution in [0.3, 0.4) is 0 Å². The van der Waals surface area contributed by atoms with Crippen molar-refractivity contribution >= 4 is 11.8 Å². The van der Waals surface area contributed by atoms with Gasteiger partial charge < -0.3 is 19.7 Å². The van der Waals surface area contributed by atoms with Crippen LogP contribution >= 0.6 is 0 Å². The van der Waals surface area contributed by atoms with Crippen LogP contribution in [-0.2, 0) is 19.1 Å². The predicted molar refractivity (Wildman–Crippen MR) is 108 cm³/mol. The van der Waals surface area contributed by atoms with E-state index in [1.165, 1.54) is 0 Å². The molecule has 1 N–H and O–H groups in total. The van der Waals surface area contributed by atoms with Crippen LogP contribution in [0.2, 0.25) is 0 Å². The number of hydrogen-bond donors (Lipinski definition) is 1. The molecule has 3 aliphatic rings. The highest BCUT2D eigenvalue weighted by Gasteiger charge is 2.52. The van der Waals surface area contributed by atoms with E-state index in [-0.39, 0.29) is 34.7 Å². The summed E-state index contributed by atoms with van der Waals surface area (Å²) in [7, 11) is 1.69. The highest BCUT2D eigenvalue weighted by Crippen LogP contribution is 2.51. The van der Waals surface area contributed by atoms with Gasteiger partial charge in [0.2, 0.25) is 11.8 Å². The zero-order chi connectivity index (χ0) is 20.4. The SMILES string of the molecule is COCCCC(C)C(=O)N1CC2(COC(CNC(=O)C3(CC(C)C)CC3)C2)C1. The Morgan fingerprint density at radius 1 is 1.25 bits per heavy atom. The third-order valence-corrected chi connectivity index (χ3v) is 6.68. The van der Waals surface area contributed by atoms with Crippen LogP contribution in [0.4, 0.5) is 0 Å². The fraction of sp³-hybridized carbons (Fsp3) is 0.909. The van der Waals surface area contributed by atoms with E-state index in [1.54, 1.807) is 7.11 Å². The van der Waals surface area contributed by atoms with E-state index in [0.717, 1.165) is 51.6 Å². The van der Waals surface area contributed by atoms with E-state index in [9.17, 15) is 9.59 Å². The van der Waals surface area contributed by atoms with Gasteiger partial charge in [0, 0.05) is 50.1 Å². The molecule has 1 spiro atoms.